The van der Waals surface area contributed by atoms with Crippen molar-refractivity contribution < 1.29 is 9.53 Å². The first kappa shape index (κ1) is 17.9. The van der Waals surface area contributed by atoms with E-state index in [-0.39, 0.29) is 6.03 Å². The molecule has 2 aromatic carbocycles. The first-order valence-corrected chi connectivity index (χ1v) is 8.42. The van der Waals surface area contributed by atoms with Crippen LogP contribution in [-0.2, 0) is 0 Å². The zero-order valence-corrected chi connectivity index (χ0v) is 15.7. The number of nitrogens with zero attached hydrogens (tertiary/aromatic N) is 2. The maximum Gasteiger partial charge on any atom is 0.323 e. The third-order valence-electron chi connectivity index (χ3n) is 4.06. The van der Waals surface area contributed by atoms with Crippen molar-refractivity contribution in [1.29, 1.82) is 0 Å². The summed E-state index contributed by atoms with van der Waals surface area (Å²) in [5.74, 6) is 0.492. The van der Waals surface area contributed by atoms with E-state index < -0.39 is 0 Å². The van der Waals surface area contributed by atoms with E-state index in [4.69, 9.17) is 16.3 Å². The number of benzene rings is 2. The van der Waals surface area contributed by atoms with Gasteiger partial charge in [0.2, 0.25) is 0 Å². The topological polar surface area (TPSA) is 76.1 Å². The van der Waals surface area contributed by atoms with E-state index in [2.05, 4.69) is 20.6 Å². The van der Waals surface area contributed by atoms with Crippen molar-refractivity contribution in [2.75, 3.05) is 17.7 Å². The van der Waals surface area contributed by atoms with E-state index in [0.717, 1.165) is 28.0 Å². The molecule has 0 unspecified atom stereocenters. The molecule has 6 nitrogen and oxygen atoms in total. The maximum atomic E-state index is 12.4. The van der Waals surface area contributed by atoms with Crippen LogP contribution in [-0.4, -0.2) is 23.1 Å². The SMILES string of the molecule is COc1cc(Cl)c(C)cc1NC(=O)Nc1ccc2nc(C)c(C)nc2c1. The largest absolute Gasteiger partial charge is 0.495 e. The van der Waals surface area contributed by atoms with Crippen LogP contribution in [0.4, 0.5) is 16.2 Å². The zero-order valence-electron chi connectivity index (χ0n) is 15.0. The van der Waals surface area contributed by atoms with Crippen LogP contribution in [0.2, 0.25) is 5.02 Å². The lowest BCUT2D eigenvalue weighted by atomic mass is 10.2. The number of hydrogen-bond acceptors (Lipinski definition) is 4. The van der Waals surface area contributed by atoms with Crippen LogP contribution in [0.5, 0.6) is 5.75 Å². The second-order valence-corrected chi connectivity index (χ2v) is 6.39. The van der Waals surface area contributed by atoms with Crippen molar-refractivity contribution in [3.8, 4) is 5.75 Å². The second kappa shape index (κ2) is 7.17. The van der Waals surface area contributed by atoms with Gasteiger partial charge in [0.1, 0.15) is 5.75 Å². The van der Waals surface area contributed by atoms with Gasteiger partial charge in [0.05, 0.1) is 35.2 Å². The Morgan fingerprint density at radius 3 is 2.38 bits per heavy atom. The maximum absolute atomic E-state index is 12.4. The molecule has 3 aromatic rings. The fraction of sp³-hybridized carbons (Fsp3) is 0.211. The fourth-order valence-electron chi connectivity index (χ4n) is 2.52. The molecule has 0 atom stereocenters. The molecule has 0 saturated heterocycles. The Kier molecular flexibility index (Phi) is 4.95. The highest BCUT2D eigenvalue weighted by molar-refractivity contribution is 6.31. The van der Waals surface area contributed by atoms with E-state index >= 15 is 0 Å². The zero-order chi connectivity index (χ0) is 18.8. The number of fused-ring (bicyclic) bond motifs is 1. The van der Waals surface area contributed by atoms with Crippen LogP contribution >= 0.6 is 11.6 Å². The normalized spacial score (nSPS) is 10.7. The first-order valence-electron chi connectivity index (χ1n) is 8.04. The van der Waals surface area contributed by atoms with Gasteiger partial charge in [-0.15, -0.1) is 0 Å². The number of aromatic nitrogens is 2. The number of methoxy groups -OCH3 is 1. The predicted molar refractivity (Wildman–Crippen MR) is 104 cm³/mol. The van der Waals surface area contributed by atoms with Gasteiger partial charge in [0, 0.05) is 16.8 Å². The molecule has 0 fully saturated rings. The number of amides is 2. The molecular weight excluding hydrogens is 352 g/mol. The summed E-state index contributed by atoms with van der Waals surface area (Å²) >= 11 is 6.09. The smallest absolute Gasteiger partial charge is 0.323 e. The lowest BCUT2D eigenvalue weighted by molar-refractivity contribution is 0.262. The minimum absolute atomic E-state index is 0.388. The molecule has 1 aromatic heterocycles. The molecule has 2 N–H and O–H groups in total. The molecule has 1 heterocycles. The molecule has 0 radical (unpaired) electrons. The monoisotopic (exact) mass is 370 g/mol. The van der Waals surface area contributed by atoms with E-state index in [1.54, 1.807) is 24.3 Å². The van der Waals surface area contributed by atoms with Crippen LogP contribution in [0, 0.1) is 20.8 Å². The summed E-state index contributed by atoms with van der Waals surface area (Å²) in [4.78, 5) is 21.3. The van der Waals surface area contributed by atoms with Gasteiger partial charge < -0.3 is 15.4 Å². The molecule has 0 aliphatic carbocycles. The lowest BCUT2D eigenvalue weighted by Gasteiger charge is -2.13. The Labute approximate surface area is 156 Å². The summed E-state index contributed by atoms with van der Waals surface area (Å²) in [7, 11) is 1.52. The van der Waals surface area contributed by atoms with E-state index in [9.17, 15) is 4.79 Å². The van der Waals surface area contributed by atoms with Crippen molar-refractivity contribution in [3.05, 3.63) is 52.3 Å². The van der Waals surface area contributed by atoms with Crippen LogP contribution in [0.15, 0.2) is 30.3 Å². The predicted octanol–water partition coefficient (Wildman–Crippen LogP) is 4.86. The van der Waals surface area contributed by atoms with E-state index in [0.29, 0.717) is 22.1 Å². The fourth-order valence-corrected chi connectivity index (χ4v) is 2.68. The number of halogens is 1. The summed E-state index contributed by atoms with van der Waals surface area (Å²) in [6.45, 7) is 5.68. The van der Waals surface area contributed by atoms with Gasteiger partial charge in [-0.25, -0.2) is 14.8 Å². The molecule has 134 valence electrons. The molecule has 0 spiro atoms. The number of carbonyl (C=O) groups excluding carboxylic acids is 1. The molecule has 3 rings (SSSR count). The molecule has 26 heavy (non-hydrogen) atoms. The van der Waals surface area contributed by atoms with Crippen LogP contribution in [0.1, 0.15) is 17.0 Å². The Bertz CT molecular complexity index is 1000. The van der Waals surface area contributed by atoms with Crippen LogP contribution < -0.4 is 15.4 Å². The number of anilines is 2. The summed E-state index contributed by atoms with van der Waals surface area (Å²) in [5.41, 5.74) is 5.27. The number of urea groups is 1. The Balaban J connectivity index is 1.81. The van der Waals surface area contributed by atoms with Gasteiger partial charge >= 0.3 is 6.03 Å². The summed E-state index contributed by atoms with van der Waals surface area (Å²) in [5, 5.41) is 6.15. The molecule has 7 heteroatoms. The first-order chi connectivity index (χ1) is 12.4. The Hall–Kier alpha value is -2.86. The quantitative estimate of drug-likeness (QED) is 0.690. The van der Waals surface area contributed by atoms with Crippen molar-refractivity contribution >= 4 is 40.0 Å². The molecule has 0 aliphatic rings. The summed E-state index contributed by atoms with van der Waals surface area (Å²) in [6.07, 6.45) is 0. The van der Waals surface area contributed by atoms with Crippen molar-refractivity contribution in [2.45, 2.75) is 20.8 Å². The highest BCUT2D eigenvalue weighted by atomic mass is 35.5. The number of hydrogen-bond donors (Lipinski definition) is 2. The molecule has 0 aliphatic heterocycles. The standard InChI is InChI=1S/C19H19ClN4O2/c1-10-7-17(18(26-4)9-14(10)20)24-19(25)23-13-5-6-15-16(8-13)22-12(3)11(2)21-15/h5-9H,1-4H3,(H2,23,24,25). The third kappa shape index (κ3) is 3.70. The Morgan fingerprint density at radius 1 is 1.00 bits per heavy atom. The van der Waals surface area contributed by atoms with Gasteiger partial charge in [0.15, 0.2) is 0 Å². The average Bonchev–Trinajstić information content (AvgIpc) is 2.59. The highest BCUT2D eigenvalue weighted by Crippen LogP contribution is 2.31. The van der Waals surface area contributed by atoms with Crippen molar-refractivity contribution in [2.24, 2.45) is 0 Å². The number of ether oxygens (including phenoxy) is 1. The van der Waals surface area contributed by atoms with Crippen LogP contribution in [0.25, 0.3) is 11.0 Å². The number of rotatable bonds is 3. The summed E-state index contributed by atoms with van der Waals surface area (Å²) < 4.78 is 5.27. The number of nitrogens with one attached hydrogen (secondary N) is 2. The Morgan fingerprint density at radius 2 is 1.69 bits per heavy atom. The highest BCUT2D eigenvalue weighted by Gasteiger charge is 2.11. The molecular formula is C19H19ClN4O2. The second-order valence-electron chi connectivity index (χ2n) is 5.98. The molecule has 2 amide bonds. The van der Waals surface area contributed by atoms with Crippen molar-refractivity contribution in [3.63, 3.8) is 0 Å². The van der Waals surface area contributed by atoms with Gasteiger partial charge in [0.25, 0.3) is 0 Å². The summed E-state index contributed by atoms with van der Waals surface area (Å²) in [6, 6.07) is 8.45. The molecule has 0 bridgehead atoms. The average molecular weight is 371 g/mol. The van der Waals surface area contributed by atoms with Crippen molar-refractivity contribution in [1.82, 2.24) is 9.97 Å². The molecule has 0 saturated carbocycles. The van der Waals surface area contributed by atoms with Gasteiger partial charge in [-0.3, -0.25) is 0 Å². The van der Waals surface area contributed by atoms with E-state index in [1.807, 2.05) is 26.8 Å². The van der Waals surface area contributed by atoms with Gasteiger partial charge in [-0.05, 0) is 50.6 Å². The number of aryl methyl sites for hydroxylation is 3. The third-order valence-corrected chi connectivity index (χ3v) is 4.47. The van der Waals surface area contributed by atoms with Gasteiger partial charge in [-0.1, -0.05) is 11.6 Å². The minimum Gasteiger partial charge on any atom is -0.495 e. The minimum atomic E-state index is -0.388. The van der Waals surface area contributed by atoms with E-state index in [1.165, 1.54) is 7.11 Å². The number of carbonyl (C=O) groups is 1. The van der Waals surface area contributed by atoms with Crippen LogP contribution in [0.3, 0.4) is 0 Å². The lowest BCUT2D eigenvalue weighted by Crippen LogP contribution is -2.20. The van der Waals surface area contributed by atoms with Gasteiger partial charge in [-0.2, -0.15) is 0 Å².